The Kier molecular flexibility index (Phi) is 6.38. The van der Waals surface area contributed by atoms with Gasteiger partial charge in [0.15, 0.2) is 0 Å². The lowest BCUT2D eigenvalue weighted by atomic mass is 9.76. The molecule has 10 nitrogen and oxygen atoms in total. The summed E-state index contributed by atoms with van der Waals surface area (Å²) in [5, 5.41) is 3.21. The molecule has 2 aliphatic heterocycles. The van der Waals surface area contributed by atoms with Gasteiger partial charge >= 0.3 is 0 Å². The maximum absolute atomic E-state index is 13.9. The molecular formula is C26H32N6O4. The molecule has 2 aromatic rings. The minimum absolute atomic E-state index is 0.0384. The van der Waals surface area contributed by atoms with E-state index in [0.29, 0.717) is 23.9 Å². The number of rotatable bonds is 7. The number of amides is 3. The van der Waals surface area contributed by atoms with Crippen LogP contribution in [0.4, 0.5) is 17.5 Å². The average Bonchev–Trinajstić information content (AvgIpc) is 3.45. The van der Waals surface area contributed by atoms with Crippen molar-refractivity contribution in [1.82, 2.24) is 19.8 Å². The number of imide groups is 1. The van der Waals surface area contributed by atoms with Gasteiger partial charge in [-0.05, 0) is 51.2 Å². The average molecular weight is 493 g/mol. The van der Waals surface area contributed by atoms with Crippen LogP contribution in [0.3, 0.4) is 0 Å². The van der Waals surface area contributed by atoms with Gasteiger partial charge in [-0.2, -0.15) is 4.98 Å². The van der Waals surface area contributed by atoms with Crippen molar-refractivity contribution in [3.63, 3.8) is 0 Å². The predicted molar refractivity (Wildman–Crippen MR) is 134 cm³/mol. The van der Waals surface area contributed by atoms with Crippen LogP contribution in [0.15, 0.2) is 30.5 Å². The number of likely N-dealkylation sites (tertiary alicyclic amines) is 1. The van der Waals surface area contributed by atoms with E-state index in [1.807, 2.05) is 38.4 Å². The van der Waals surface area contributed by atoms with Crippen molar-refractivity contribution in [3.8, 4) is 5.75 Å². The summed E-state index contributed by atoms with van der Waals surface area (Å²) in [6.07, 6.45) is 5.44. The Morgan fingerprint density at radius 2 is 1.81 bits per heavy atom. The molecule has 3 aliphatic rings. The first-order valence-electron chi connectivity index (χ1n) is 12.4. The maximum atomic E-state index is 13.9. The van der Waals surface area contributed by atoms with Crippen LogP contribution in [0.1, 0.15) is 37.7 Å². The molecule has 0 unspecified atom stereocenters. The summed E-state index contributed by atoms with van der Waals surface area (Å²) < 4.78 is 5.75. The highest BCUT2D eigenvalue weighted by molar-refractivity contribution is 6.21. The number of carbonyl (C=O) groups excluding carboxylic acids is 3. The van der Waals surface area contributed by atoms with Crippen LogP contribution < -0.4 is 15.0 Å². The number of hydrogen-bond acceptors (Lipinski definition) is 8. The largest absolute Gasteiger partial charge is 0.492 e. The van der Waals surface area contributed by atoms with Crippen LogP contribution in [0.5, 0.6) is 5.75 Å². The monoisotopic (exact) mass is 492 g/mol. The Morgan fingerprint density at radius 1 is 1.08 bits per heavy atom. The smallest absolute Gasteiger partial charge is 0.245 e. The minimum atomic E-state index is -1.39. The molecular weight excluding hydrogens is 460 g/mol. The van der Waals surface area contributed by atoms with Crippen LogP contribution in [0.25, 0.3) is 0 Å². The third kappa shape index (κ3) is 4.30. The van der Waals surface area contributed by atoms with Crippen LogP contribution in [0, 0.1) is 5.41 Å². The number of aromatic nitrogens is 2. The number of nitrogens with one attached hydrogen (secondary N) is 1. The second-order valence-electron chi connectivity index (χ2n) is 10.2. The fraction of sp³-hybridized carbons (Fsp3) is 0.500. The number of benzene rings is 1. The van der Waals surface area contributed by atoms with E-state index in [1.54, 1.807) is 11.1 Å². The summed E-state index contributed by atoms with van der Waals surface area (Å²) in [7, 11) is 5.45. The Balaban J connectivity index is 1.40. The Morgan fingerprint density at radius 3 is 2.44 bits per heavy atom. The van der Waals surface area contributed by atoms with Gasteiger partial charge in [-0.3, -0.25) is 24.2 Å². The molecule has 1 spiro atoms. The molecule has 1 aliphatic carbocycles. The van der Waals surface area contributed by atoms with Gasteiger partial charge in [0.2, 0.25) is 23.7 Å². The summed E-state index contributed by atoms with van der Waals surface area (Å²) in [6.45, 7) is 1.43. The van der Waals surface area contributed by atoms with Crippen LogP contribution in [-0.2, 0) is 20.8 Å². The van der Waals surface area contributed by atoms with Gasteiger partial charge in [0, 0.05) is 43.5 Å². The number of likely N-dealkylation sites (N-methyl/N-ethyl adjacent to an activating group) is 1. The van der Waals surface area contributed by atoms with Crippen molar-refractivity contribution in [2.45, 2.75) is 44.6 Å². The standard InChI is InChI=1S/C26H32N6O4/c1-30(2)12-13-36-20-10-8-18(9-11-20)28-25-27-16-17-14-26(15-21(33)31(3)23(26)34)24(35)32(22(17)29-25)19-6-4-5-7-19/h8-11,16,19H,4-7,12-15H2,1-3H3,(H,27,28,29)/t26-/m1/s1. The molecule has 1 atom stereocenters. The molecule has 5 rings (SSSR count). The van der Waals surface area contributed by atoms with Crippen molar-refractivity contribution in [3.05, 3.63) is 36.0 Å². The van der Waals surface area contributed by atoms with Crippen molar-refractivity contribution >= 4 is 35.2 Å². The number of carbonyl (C=O) groups is 3. The number of hydrogen-bond donors (Lipinski definition) is 1. The molecule has 0 bridgehead atoms. The Hall–Kier alpha value is -3.53. The molecule has 10 heteroatoms. The first kappa shape index (κ1) is 24.2. The summed E-state index contributed by atoms with van der Waals surface area (Å²) in [5.41, 5.74) is 0.120. The highest BCUT2D eigenvalue weighted by atomic mass is 16.5. The second-order valence-corrected chi connectivity index (χ2v) is 10.2. The number of anilines is 3. The van der Waals surface area contributed by atoms with E-state index in [0.717, 1.165) is 48.6 Å². The summed E-state index contributed by atoms with van der Waals surface area (Å²) >= 11 is 0. The molecule has 36 heavy (non-hydrogen) atoms. The zero-order valence-corrected chi connectivity index (χ0v) is 21.0. The first-order valence-corrected chi connectivity index (χ1v) is 12.4. The number of nitrogens with zero attached hydrogens (tertiary/aromatic N) is 5. The molecule has 190 valence electrons. The van der Waals surface area contributed by atoms with Crippen molar-refractivity contribution in [2.75, 3.05) is 44.5 Å². The fourth-order valence-electron chi connectivity index (χ4n) is 5.32. The molecule has 0 radical (unpaired) electrons. The predicted octanol–water partition coefficient (Wildman–Crippen LogP) is 2.37. The topological polar surface area (TPSA) is 108 Å². The highest BCUT2D eigenvalue weighted by Crippen LogP contribution is 2.46. The molecule has 3 amide bonds. The second kappa shape index (κ2) is 9.50. The third-order valence-electron chi connectivity index (χ3n) is 7.34. The molecule has 1 saturated carbocycles. The van der Waals surface area contributed by atoms with Gasteiger partial charge in [-0.1, -0.05) is 12.8 Å². The van der Waals surface area contributed by atoms with Crippen molar-refractivity contribution in [1.29, 1.82) is 0 Å². The fourth-order valence-corrected chi connectivity index (χ4v) is 5.32. The quantitative estimate of drug-likeness (QED) is 0.464. The van der Waals surface area contributed by atoms with Gasteiger partial charge in [-0.25, -0.2) is 4.98 Å². The summed E-state index contributed by atoms with van der Waals surface area (Å²) in [6, 6.07) is 7.51. The van der Waals surface area contributed by atoms with E-state index in [1.165, 1.54) is 7.05 Å². The lowest BCUT2D eigenvalue weighted by Crippen LogP contribution is -2.56. The zero-order valence-electron chi connectivity index (χ0n) is 21.0. The van der Waals surface area contributed by atoms with Gasteiger partial charge in [0.25, 0.3) is 0 Å². The normalized spacial score (nSPS) is 22.2. The van der Waals surface area contributed by atoms with E-state index in [9.17, 15) is 14.4 Å². The zero-order chi connectivity index (χ0) is 25.4. The third-order valence-corrected chi connectivity index (χ3v) is 7.34. The van der Waals surface area contributed by atoms with Gasteiger partial charge in [-0.15, -0.1) is 0 Å². The van der Waals surface area contributed by atoms with Crippen LogP contribution in [-0.4, -0.2) is 77.8 Å². The molecule has 1 aromatic carbocycles. The lowest BCUT2D eigenvalue weighted by molar-refractivity contribution is -0.144. The van der Waals surface area contributed by atoms with Crippen molar-refractivity contribution in [2.24, 2.45) is 5.41 Å². The molecule has 1 saturated heterocycles. The molecule has 3 heterocycles. The van der Waals surface area contributed by atoms with Crippen molar-refractivity contribution < 1.29 is 19.1 Å². The molecule has 1 aromatic heterocycles. The van der Waals surface area contributed by atoms with E-state index in [2.05, 4.69) is 15.2 Å². The van der Waals surface area contributed by atoms with Gasteiger partial charge < -0.3 is 15.0 Å². The number of ether oxygens (including phenoxy) is 1. The Bertz CT molecular complexity index is 1180. The van der Waals surface area contributed by atoms with E-state index < -0.39 is 11.3 Å². The lowest BCUT2D eigenvalue weighted by Gasteiger charge is -2.40. The SMILES string of the molecule is CN(C)CCOc1ccc(Nc2ncc3c(n2)N(C2CCCC2)C(=O)[C@@]2(CC(=O)N(C)C2=O)C3)cc1. The summed E-state index contributed by atoms with van der Waals surface area (Å²) in [4.78, 5) is 53.4. The van der Waals surface area contributed by atoms with Gasteiger partial charge in [0.1, 0.15) is 23.6 Å². The van der Waals surface area contributed by atoms with Crippen LogP contribution in [0.2, 0.25) is 0 Å². The van der Waals surface area contributed by atoms with E-state index in [4.69, 9.17) is 9.72 Å². The Labute approximate surface area is 210 Å². The molecule has 2 fully saturated rings. The first-order chi connectivity index (χ1) is 17.3. The number of fused-ring (bicyclic) bond motifs is 1. The minimum Gasteiger partial charge on any atom is -0.492 e. The molecule has 1 N–H and O–H groups in total. The maximum Gasteiger partial charge on any atom is 0.245 e. The van der Waals surface area contributed by atoms with E-state index in [-0.39, 0.29) is 30.7 Å². The highest BCUT2D eigenvalue weighted by Gasteiger charge is 2.60. The summed E-state index contributed by atoms with van der Waals surface area (Å²) in [5.74, 6) is 0.616. The van der Waals surface area contributed by atoms with Crippen LogP contribution >= 0.6 is 0 Å². The van der Waals surface area contributed by atoms with Gasteiger partial charge in [0.05, 0.1) is 6.42 Å². The van der Waals surface area contributed by atoms with E-state index >= 15 is 0 Å².